The first-order valence-electron chi connectivity index (χ1n) is 13.1. The molecule has 0 heterocycles. The molecule has 1 amide bonds. The predicted octanol–water partition coefficient (Wildman–Crippen LogP) is 6.93. The van der Waals surface area contributed by atoms with Crippen LogP contribution in [0.1, 0.15) is 62.6 Å². The lowest BCUT2D eigenvalue weighted by atomic mass is 10.1. The van der Waals surface area contributed by atoms with Gasteiger partial charge >= 0.3 is 0 Å². The Morgan fingerprint density at radius 3 is 2.17 bits per heavy atom. The molecule has 0 aliphatic carbocycles. The molecular formula is C31H42N2O3. The molecule has 0 aliphatic heterocycles. The Morgan fingerprint density at radius 1 is 0.778 bits per heavy atom. The molecule has 3 aromatic carbocycles. The van der Waals surface area contributed by atoms with Gasteiger partial charge in [-0.3, -0.25) is 4.79 Å². The molecule has 0 saturated heterocycles. The van der Waals surface area contributed by atoms with Gasteiger partial charge in [0.05, 0.1) is 12.3 Å². The summed E-state index contributed by atoms with van der Waals surface area (Å²) in [7, 11) is 0. The number of rotatable bonds is 15. The number of ether oxygens (including phenoxy) is 2. The van der Waals surface area contributed by atoms with Crippen molar-refractivity contribution in [2.24, 2.45) is 5.73 Å². The van der Waals surface area contributed by atoms with Crippen LogP contribution in [-0.2, 0) is 24.2 Å². The number of anilines is 1. The van der Waals surface area contributed by atoms with Crippen molar-refractivity contribution < 1.29 is 14.3 Å². The molecule has 0 aromatic heterocycles. The summed E-state index contributed by atoms with van der Waals surface area (Å²) in [6, 6.07) is 24.2. The van der Waals surface area contributed by atoms with Crippen molar-refractivity contribution in [3.05, 3.63) is 89.5 Å². The number of carbonyl (C=O) groups excluding carboxylic acids is 1. The second kappa shape index (κ2) is 18.0. The summed E-state index contributed by atoms with van der Waals surface area (Å²) in [5.41, 5.74) is 9.81. The smallest absolute Gasteiger partial charge is 0.211 e. The van der Waals surface area contributed by atoms with E-state index in [0.29, 0.717) is 25.3 Å². The van der Waals surface area contributed by atoms with Crippen LogP contribution < -0.4 is 20.5 Å². The van der Waals surface area contributed by atoms with Crippen LogP contribution in [0.15, 0.2) is 72.8 Å². The Kier molecular flexibility index (Phi) is 14.5. The Bertz CT molecular complexity index is 975. The third kappa shape index (κ3) is 11.4. The Labute approximate surface area is 217 Å². The van der Waals surface area contributed by atoms with Gasteiger partial charge in [-0.05, 0) is 73.2 Å². The van der Waals surface area contributed by atoms with Crippen LogP contribution in [0.5, 0.6) is 11.5 Å². The minimum Gasteiger partial charge on any atom is -0.494 e. The van der Waals surface area contributed by atoms with Crippen molar-refractivity contribution in [1.29, 1.82) is 0 Å². The quantitative estimate of drug-likeness (QED) is 0.179. The van der Waals surface area contributed by atoms with Crippen molar-refractivity contribution in [3.8, 4) is 11.5 Å². The first-order chi connectivity index (χ1) is 17.7. The first-order valence-corrected chi connectivity index (χ1v) is 13.1. The van der Waals surface area contributed by atoms with Gasteiger partial charge in [-0.1, -0.05) is 81.6 Å². The summed E-state index contributed by atoms with van der Waals surface area (Å²) in [5, 5.41) is 2.74. The van der Waals surface area contributed by atoms with Crippen molar-refractivity contribution in [2.75, 3.05) is 18.5 Å². The van der Waals surface area contributed by atoms with Gasteiger partial charge in [0.1, 0.15) is 18.1 Å². The lowest BCUT2D eigenvalue weighted by Gasteiger charge is -2.12. The van der Waals surface area contributed by atoms with Gasteiger partial charge in [0.2, 0.25) is 6.41 Å². The highest BCUT2D eigenvalue weighted by Crippen LogP contribution is 2.27. The highest BCUT2D eigenvalue weighted by atomic mass is 16.5. The number of hydrogen-bond acceptors (Lipinski definition) is 4. The molecule has 5 heteroatoms. The number of benzene rings is 3. The number of nitrogens with two attached hydrogens (primary N) is 1. The highest BCUT2D eigenvalue weighted by molar-refractivity contribution is 5.75. The number of carbonyl (C=O) groups is 1. The van der Waals surface area contributed by atoms with E-state index < -0.39 is 0 Å². The summed E-state index contributed by atoms with van der Waals surface area (Å²) in [6.07, 6.45) is 8.55. The maximum absolute atomic E-state index is 10.8. The molecule has 0 bridgehead atoms. The van der Waals surface area contributed by atoms with E-state index in [1.807, 2.05) is 54.6 Å². The first kappa shape index (κ1) is 28.9. The SMILES string of the molecule is CCCCCc1ccc(OCc2ccccc2)c(NC=O)c1.CCCCOc1ccc(CCN)cc1. The average Bonchev–Trinajstić information content (AvgIpc) is 2.91. The lowest BCUT2D eigenvalue weighted by molar-refractivity contribution is -0.105. The Morgan fingerprint density at radius 2 is 1.50 bits per heavy atom. The van der Waals surface area contributed by atoms with Crippen molar-refractivity contribution in [3.63, 3.8) is 0 Å². The number of nitrogens with one attached hydrogen (secondary N) is 1. The molecule has 36 heavy (non-hydrogen) atoms. The summed E-state index contributed by atoms with van der Waals surface area (Å²) >= 11 is 0. The second-order valence-corrected chi connectivity index (χ2v) is 8.71. The molecule has 0 atom stereocenters. The van der Waals surface area contributed by atoms with Crippen molar-refractivity contribution >= 4 is 12.1 Å². The maximum Gasteiger partial charge on any atom is 0.211 e. The van der Waals surface area contributed by atoms with Crippen molar-refractivity contribution in [2.45, 2.75) is 65.4 Å². The van der Waals surface area contributed by atoms with Gasteiger partial charge < -0.3 is 20.5 Å². The molecule has 3 rings (SSSR count). The molecule has 5 nitrogen and oxygen atoms in total. The fourth-order valence-corrected chi connectivity index (χ4v) is 3.60. The predicted molar refractivity (Wildman–Crippen MR) is 150 cm³/mol. The zero-order chi connectivity index (χ0) is 25.8. The molecule has 194 valence electrons. The zero-order valence-corrected chi connectivity index (χ0v) is 21.9. The molecule has 0 fully saturated rings. The second-order valence-electron chi connectivity index (χ2n) is 8.71. The number of unbranched alkanes of at least 4 members (excludes halogenated alkanes) is 3. The van der Waals surface area contributed by atoms with Gasteiger partial charge in [0, 0.05) is 0 Å². The lowest BCUT2D eigenvalue weighted by Crippen LogP contribution is -2.02. The molecule has 3 aromatic rings. The minimum atomic E-state index is 0.490. The van der Waals surface area contributed by atoms with E-state index in [2.05, 4.69) is 37.4 Å². The fraction of sp³-hybridized carbons (Fsp3) is 0.387. The van der Waals surface area contributed by atoms with E-state index in [4.69, 9.17) is 15.2 Å². The molecule has 3 N–H and O–H groups in total. The summed E-state index contributed by atoms with van der Waals surface area (Å²) in [4.78, 5) is 10.8. The number of amides is 1. The topological polar surface area (TPSA) is 73.6 Å². The Balaban J connectivity index is 0.000000281. The van der Waals surface area contributed by atoms with Gasteiger partial charge in [0.25, 0.3) is 0 Å². The third-order valence-corrected chi connectivity index (χ3v) is 5.69. The van der Waals surface area contributed by atoms with Crippen LogP contribution >= 0.6 is 0 Å². The molecule has 0 aliphatic rings. The zero-order valence-electron chi connectivity index (χ0n) is 21.9. The maximum atomic E-state index is 10.8. The van der Waals surface area contributed by atoms with E-state index in [9.17, 15) is 4.79 Å². The van der Waals surface area contributed by atoms with E-state index >= 15 is 0 Å². The summed E-state index contributed by atoms with van der Waals surface area (Å²) in [5.74, 6) is 1.66. The summed E-state index contributed by atoms with van der Waals surface area (Å²) in [6.45, 7) is 6.36. The van der Waals surface area contributed by atoms with Gasteiger partial charge in [-0.15, -0.1) is 0 Å². The molecule has 0 spiro atoms. The molecule has 0 unspecified atom stereocenters. The monoisotopic (exact) mass is 490 g/mol. The minimum absolute atomic E-state index is 0.490. The van der Waals surface area contributed by atoms with Gasteiger partial charge in [0.15, 0.2) is 0 Å². The number of aryl methyl sites for hydroxylation is 1. The average molecular weight is 491 g/mol. The van der Waals surface area contributed by atoms with Crippen molar-refractivity contribution in [1.82, 2.24) is 0 Å². The third-order valence-electron chi connectivity index (χ3n) is 5.69. The normalized spacial score (nSPS) is 10.2. The summed E-state index contributed by atoms with van der Waals surface area (Å²) < 4.78 is 11.4. The van der Waals surface area contributed by atoms with Crippen LogP contribution in [0, 0.1) is 0 Å². The van der Waals surface area contributed by atoms with E-state index in [-0.39, 0.29) is 0 Å². The fourth-order valence-electron chi connectivity index (χ4n) is 3.60. The highest BCUT2D eigenvalue weighted by Gasteiger charge is 2.06. The van der Waals surface area contributed by atoms with Crippen LogP contribution in [0.25, 0.3) is 0 Å². The van der Waals surface area contributed by atoms with Gasteiger partial charge in [-0.25, -0.2) is 0 Å². The van der Waals surface area contributed by atoms with Crippen LogP contribution in [-0.4, -0.2) is 19.6 Å². The molecule has 0 saturated carbocycles. The Hall–Kier alpha value is -3.31. The van der Waals surface area contributed by atoms with E-state index in [1.165, 1.54) is 36.8 Å². The van der Waals surface area contributed by atoms with Gasteiger partial charge in [-0.2, -0.15) is 0 Å². The largest absolute Gasteiger partial charge is 0.494 e. The van der Waals surface area contributed by atoms with Crippen LogP contribution in [0.3, 0.4) is 0 Å². The van der Waals surface area contributed by atoms with E-state index in [1.54, 1.807) is 0 Å². The molecular weight excluding hydrogens is 448 g/mol. The van der Waals surface area contributed by atoms with Crippen LogP contribution in [0.4, 0.5) is 5.69 Å². The van der Waals surface area contributed by atoms with Crippen LogP contribution in [0.2, 0.25) is 0 Å². The molecule has 0 radical (unpaired) electrons. The standard InChI is InChI=1S/C19H23NO2.C12H19NO/c1-2-3-5-8-16-11-12-19(18(13-16)20-15-21)22-14-17-9-6-4-7-10-17;1-2-3-10-14-12-6-4-11(5-7-12)8-9-13/h4,6-7,9-13,15H,2-3,5,8,14H2,1H3,(H,20,21);4-7H,2-3,8-10,13H2,1H3. The van der Waals surface area contributed by atoms with E-state index in [0.717, 1.165) is 42.9 Å². The number of hydrogen-bond donors (Lipinski definition) is 2.